The Hall–Kier alpha value is -2.26. The molecule has 1 aliphatic carbocycles. The van der Waals surface area contributed by atoms with Gasteiger partial charge in [0.2, 0.25) is 0 Å². The van der Waals surface area contributed by atoms with Crippen molar-refractivity contribution in [2.45, 2.75) is 51.3 Å². The molecule has 0 amide bonds. The molecule has 31 heavy (non-hydrogen) atoms. The molecule has 1 aromatic heterocycles. The van der Waals surface area contributed by atoms with Crippen LogP contribution in [0.1, 0.15) is 43.4 Å². The number of methoxy groups -OCH3 is 1. The summed E-state index contributed by atoms with van der Waals surface area (Å²) >= 11 is 0. The molecule has 1 atom stereocenters. The average molecular weight is 425 g/mol. The molecule has 3 rings (SSSR count). The standard InChI is InChI=1S/C26H36N2O3/c1-3-15-31-21-25(29)20-27(17-22-9-5-4-6-10-22)19-24-12-8-14-28(24)18-23-11-7-13-26(16-23)30-2/h1,7-8,11-14,16,22,25,29H,4-6,9-10,15,17-21H2,2H3. The van der Waals surface area contributed by atoms with Crippen LogP contribution in [0.4, 0.5) is 0 Å². The monoisotopic (exact) mass is 424 g/mol. The molecule has 1 saturated carbocycles. The maximum atomic E-state index is 10.5. The summed E-state index contributed by atoms with van der Waals surface area (Å²) in [7, 11) is 1.70. The fraction of sp³-hybridized carbons (Fsp3) is 0.538. The SMILES string of the molecule is C#CCOCC(O)CN(Cc1cccn1Cc1cccc(OC)c1)CC1CCCCC1. The van der Waals surface area contributed by atoms with E-state index in [0.29, 0.717) is 12.5 Å². The van der Waals surface area contributed by atoms with Crippen LogP contribution >= 0.6 is 0 Å². The number of hydrogen-bond donors (Lipinski definition) is 1. The summed E-state index contributed by atoms with van der Waals surface area (Å²) in [5.74, 6) is 4.04. The first-order valence-corrected chi connectivity index (χ1v) is 11.4. The highest BCUT2D eigenvalue weighted by atomic mass is 16.5. The van der Waals surface area contributed by atoms with Crippen molar-refractivity contribution in [1.82, 2.24) is 9.47 Å². The second-order valence-electron chi connectivity index (χ2n) is 8.55. The Morgan fingerprint density at radius 1 is 1.23 bits per heavy atom. The Morgan fingerprint density at radius 3 is 2.84 bits per heavy atom. The van der Waals surface area contributed by atoms with Gasteiger partial charge in [-0.3, -0.25) is 4.90 Å². The van der Waals surface area contributed by atoms with Crippen LogP contribution in [0, 0.1) is 18.3 Å². The summed E-state index contributed by atoms with van der Waals surface area (Å²) in [6, 6.07) is 12.5. The van der Waals surface area contributed by atoms with Crippen LogP contribution in [0.2, 0.25) is 0 Å². The molecule has 5 heteroatoms. The van der Waals surface area contributed by atoms with Gasteiger partial charge < -0.3 is 19.1 Å². The summed E-state index contributed by atoms with van der Waals surface area (Å²) in [6.07, 6.45) is 13.4. The van der Waals surface area contributed by atoms with E-state index in [9.17, 15) is 5.11 Å². The predicted octanol–water partition coefficient (Wildman–Crippen LogP) is 3.94. The third kappa shape index (κ3) is 7.74. The van der Waals surface area contributed by atoms with Crippen LogP contribution < -0.4 is 4.74 Å². The van der Waals surface area contributed by atoms with E-state index < -0.39 is 6.10 Å². The van der Waals surface area contributed by atoms with Gasteiger partial charge in [-0.2, -0.15) is 0 Å². The first kappa shape index (κ1) is 23.4. The number of aromatic nitrogens is 1. The Kier molecular flexibility index (Phi) is 9.48. The molecule has 0 radical (unpaired) electrons. The van der Waals surface area contributed by atoms with Crippen molar-refractivity contribution >= 4 is 0 Å². The molecule has 0 bridgehead atoms. The Bertz CT molecular complexity index is 820. The number of terminal acetylenes is 1. The quantitative estimate of drug-likeness (QED) is 0.414. The highest BCUT2D eigenvalue weighted by Gasteiger charge is 2.20. The van der Waals surface area contributed by atoms with Crippen LogP contribution in [-0.2, 0) is 17.8 Å². The van der Waals surface area contributed by atoms with Crippen molar-refractivity contribution in [3.05, 3.63) is 53.9 Å². The van der Waals surface area contributed by atoms with Crippen molar-refractivity contribution in [3.63, 3.8) is 0 Å². The summed E-state index contributed by atoms with van der Waals surface area (Å²) in [6.45, 7) is 3.71. The topological polar surface area (TPSA) is 46.9 Å². The van der Waals surface area contributed by atoms with Crippen LogP contribution in [0.3, 0.4) is 0 Å². The van der Waals surface area contributed by atoms with Gasteiger partial charge in [-0.25, -0.2) is 0 Å². The van der Waals surface area contributed by atoms with Gasteiger partial charge in [0.15, 0.2) is 0 Å². The predicted molar refractivity (Wildman–Crippen MR) is 124 cm³/mol. The molecule has 1 aliphatic rings. The van der Waals surface area contributed by atoms with E-state index in [1.165, 1.54) is 43.4 Å². The Balaban J connectivity index is 1.66. The molecule has 1 N–H and O–H groups in total. The van der Waals surface area contributed by atoms with Gasteiger partial charge in [-0.05, 0) is 48.6 Å². The molecular formula is C26H36N2O3. The maximum absolute atomic E-state index is 10.5. The van der Waals surface area contributed by atoms with Crippen LogP contribution in [0.5, 0.6) is 5.75 Å². The van der Waals surface area contributed by atoms with E-state index in [4.69, 9.17) is 15.9 Å². The lowest BCUT2D eigenvalue weighted by molar-refractivity contribution is 0.0209. The van der Waals surface area contributed by atoms with Crippen molar-refractivity contribution in [1.29, 1.82) is 0 Å². The minimum absolute atomic E-state index is 0.239. The van der Waals surface area contributed by atoms with Gasteiger partial charge in [-0.1, -0.05) is 37.3 Å². The number of ether oxygens (including phenoxy) is 2. The zero-order chi connectivity index (χ0) is 21.9. The molecule has 1 heterocycles. The fourth-order valence-corrected chi connectivity index (χ4v) is 4.49. The summed E-state index contributed by atoms with van der Waals surface area (Å²) in [4.78, 5) is 2.39. The maximum Gasteiger partial charge on any atom is 0.119 e. The minimum Gasteiger partial charge on any atom is -0.497 e. The lowest BCUT2D eigenvalue weighted by Gasteiger charge is -2.31. The minimum atomic E-state index is -0.543. The smallest absolute Gasteiger partial charge is 0.119 e. The fourth-order valence-electron chi connectivity index (χ4n) is 4.49. The molecule has 168 valence electrons. The third-order valence-electron chi connectivity index (χ3n) is 6.00. The zero-order valence-corrected chi connectivity index (χ0v) is 18.7. The first-order chi connectivity index (χ1) is 15.2. The van der Waals surface area contributed by atoms with E-state index in [1.54, 1.807) is 7.11 Å². The van der Waals surface area contributed by atoms with Crippen LogP contribution in [0.15, 0.2) is 42.6 Å². The van der Waals surface area contributed by atoms with Crippen molar-refractivity contribution < 1.29 is 14.6 Å². The summed E-state index contributed by atoms with van der Waals surface area (Å²) < 4.78 is 13.0. The lowest BCUT2D eigenvalue weighted by atomic mass is 9.89. The van der Waals surface area contributed by atoms with Crippen LogP contribution in [0.25, 0.3) is 0 Å². The highest BCUT2D eigenvalue weighted by molar-refractivity contribution is 5.29. The van der Waals surface area contributed by atoms with Gasteiger partial charge in [0, 0.05) is 38.1 Å². The largest absolute Gasteiger partial charge is 0.497 e. The van der Waals surface area contributed by atoms with Gasteiger partial charge in [0.05, 0.1) is 19.8 Å². The number of nitrogens with zero attached hydrogens (tertiary/aromatic N) is 2. The lowest BCUT2D eigenvalue weighted by Crippen LogP contribution is -2.38. The van der Waals surface area contributed by atoms with E-state index in [0.717, 1.165) is 25.4 Å². The summed E-state index contributed by atoms with van der Waals surface area (Å²) in [5.41, 5.74) is 2.45. The van der Waals surface area contributed by atoms with E-state index in [2.05, 4.69) is 45.8 Å². The van der Waals surface area contributed by atoms with Gasteiger partial charge in [0.1, 0.15) is 12.4 Å². The molecule has 1 unspecified atom stereocenters. The highest BCUT2D eigenvalue weighted by Crippen LogP contribution is 2.25. The number of hydrogen-bond acceptors (Lipinski definition) is 4. The molecule has 0 spiro atoms. The van der Waals surface area contributed by atoms with Crippen molar-refractivity contribution in [3.8, 4) is 18.1 Å². The normalized spacial score (nSPS) is 15.7. The van der Waals surface area contributed by atoms with E-state index in [1.807, 2.05) is 12.1 Å². The van der Waals surface area contributed by atoms with E-state index in [-0.39, 0.29) is 13.2 Å². The average Bonchev–Trinajstić information content (AvgIpc) is 3.21. The van der Waals surface area contributed by atoms with Gasteiger partial charge >= 0.3 is 0 Å². The first-order valence-electron chi connectivity index (χ1n) is 11.4. The Morgan fingerprint density at radius 2 is 2.06 bits per heavy atom. The Labute approximate surface area is 187 Å². The zero-order valence-electron chi connectivity index (χ0n) is 18.7. The molecule has 1 aromatic carbocycles. The van der Waals surface area contributed by atoms with Gasteiger partial charge in [0.25, 0.3) is 0 Å². The van der Waals surface area contributed by atoms with Crippen molar-refractivity contribution in [2.24, 2.45) is 5.92 Å². The molecule has 1 fully saturated rings. The number of benzene rings is 1. The molecule has 0 aliphatic heterocycles. The van der Waals surface area contributed by atoms with Gasteiger partial charge in [-0.15, -0.1) is 6.42 Å². The van der Waals surface area contributed by atoms with Crippen molar-refractivity contribution in [2.75, 3.05) is 33.4 Å². The molecule has 0 saturated heterocycles. The van der Waals surface area contributed by atoms with Crippen LogP contribution in [-0.4, -0.2) is 54.1 Å². The number of aliphatic hydroxyl groups excluding tert-OH is 1. The van der Waals surface area contributed by atoms with E-state index >= 15 is 0 Å². The molecular weight excluding hydrogens is 388 g/mol. The number of aliphatic hydroxyl groups is 1. The third-order valence-corrected chi connectivity index (χ3v) is 6.00. The number of rotatable bonds is 12. The molecule has 5 nitrogen and oxygen atoms in total. The molecule has 2 aromatic rings. The second kappa shape index (κ2) is 12.6. The summed E-state index contributed by atoms with van der Waals surface area (Å²) in [5, 5.41) is 10.5. The second-order valence-corrected chi connectivity index (χ2v) is 8.55.